The number of carboxylic acids is 1. The van der Waals surface area contributed by atoms with E-state index in [0.29, 0.717) is 6.42 Å². The van der Waals surface area contributed by atoms with E-state index in [1.54, 1.807) is 6.08 Å². The summed E-state index contributed by atoms with van der Waals surface area (Å²) in [7, 11) is 0. The Balaban J connectivity index is 3.59. The molecular weight excluding hydrogens is 156 g/mol. The van der Waals surface area contributed by atoms with E-state index in [1.165, 1.54) is 0 Å². The van der Waals surface area contributed by atoms with Gasteiger partial charge in [-0.05, 0) is 18.9 Å². The quantitative estimate of drug-likeness (QED) is 0.372. The van der Waals surface area contributed by atoms with Crippen molar-refractivity contribution in [2.45, 2.75) is 19.3 Å². The molecule has 0 aromatic heterocycles. The molecule has 3 nitrogen and oxygen atoms in total. The monoisotopic (exact) mass is 168 g/mol. The van der Waals surface area contributed by atoms with Crippen LogP contribution in [0.5, 0.6) is 0 Å². The van der Waals surface area contributed by atoms with Crippen LogP contribution in [0.1, 0.15) is 19.3 Å². The first-order valence-corrected chi connectivity index (χ1v) is 3.71. The average Bonchev–Trinajstić information content (AvgIpc) is 2.01. The van der Waals surface area contributed by atoms with Crippen molar-refractivity contribution in [1.82, 2.24) is 0 Å². The fraction of sp³-hybridized carbons (Fsp3) is 0.333. The van der Waals surface area contributed by atoms with E-state index in [-0.39, 0.29) is 5.78 Å². The van der Waals surface area contributed by atoms with Crippen molar-refractivity contribution in [1.29, 1.82) is 0 Å². The van der Waals surface area contributed by atoms with Gasteiger partial charge >= 0.3 is 5.97 Å². The highest BCUT2D eigenvalue weighted by Gasteiger charge is 1.95. The molecule has 0 fully saturated rings. The molecule has 0 unspecified atom stereocenters. The maximum Gasteiger partial charge on any atom is 0.328 e. The van der Waals surface area contributed by atoms with Crippen LogP contribution in [-0.2, 0) is 9.59 Å². The van der Waals surface area contributed by atoms with Crippen molar-refractivity contribution in [3.8, 4) is 0 Å². The van der Waals surface area contributed by atoms with Crippen LogP contribution in [0.15, 0.2) is 24.8 Å². The molecule has 12 heavy (non-hydrogen) atoms. The minimum absolute atomic E-state index is 0.153. The molecule has 0 bridgehead atoms. The maximum atomic E-state index is 10.8. The molecule has 0 aliphatic rings. The normalized spacial score (nSPS) is 10.0. The topological polar surface area (TPSA) is 54.4 Å². The van der Waals surface area contributed by atoms with E-state index in [9.17, 15) is 9.59 Å². The first kappa shape index (κ1) is 10.6. The van der Waals surface area contributed by atoms with Gasteiger partial charge in [-0.2, -0.15) is 0 Å². The molecular formula is C9H12O3. The molecule has 0 aliphatic carbocycles. The largest absolute Gasteiger partial charge is 0.478 e. The van der Waals surface area contributed by atoms with Gasteiger partial charge in [-0.1, -0.05) is 6.08 Å². The number of aliphatic carboxylic acids is 1. The molecule has 0 rings (SSSR count). The maximum absolute atomic E-state index is 10.8. The molecule has 0 saturated heterocycles. The number of hydrogen-bond acceptors (Lipinski definition) is 2. The molecule has 0 amide bonds. The number of carboxylic acid groups (broad SMARTS) is 1. The molecule has 0 atom stereocenters. The number of hydrogen-bond donors (Lipinski definition) is 1. The summed E-state index contributed by atoms with van der Waals surface area (Å²) in [6.07, 6.45) is 5.57. The third-order valence-corrected chi connectivity index (χ3v) is 1.24. The van der Waals surface area contributed by atoms with Crippen molar-refractivity contribution >= 4 is 11.8 Å². The molecule has 66 valence electrons. The van der Waals surface area contributed by atoms with Crippen LogP contribution in [-0.4, -0.2) is 16.9 Å². The minimum atomic E-state index is -1.09. The first-order chi connectivity index (χ1) is 5.66. The third kappa shape index (κ3) is 6.74. The molecule has 0 aliphatic heterocycles. The lowest BCUT2D eigenvalue weighted by atomic mass is 10.1. The second kappa shape index (κ2) is 6.34. The highest BCUT2D eigenvalue weighted by Crippen LogP contribution is 1.97. The fourth-order valence-electron chi connectivity index (χ4n) is 0.668. The van der Waals surface area contributed by atoms with E-state index in [1.807, 2.05) is 0 Å². The van der Waals surface area contributed by atoms with Gasteiger partial charge in [0, 0.05) is 12.5 Å². The predicted octanol–water partition coefficient (Wildman–Crippen LogP) is 1.55. The second-order valence-corrected chi connectivity index (χ2v) is 2.32. The number of unbranched alkanes of at least 4 members (excludes halogenated alkanes) is 1. The highest BCUT2D eigenvalue weighted by atomic mass is 16.4. The predicted molar refractivity (Wildman–Crippen MR) is 45.8 cm³/mol. The van der Waals surface area contributed by atoms with Gasteiger partial charge in [0.2, 0.25) is 0 Å². The molecule has 0 saturated carbocycles. The highest BCUT2D eigenvalue weighted by molar-refractivity contribution is 5.95. The first-order valence-electron chi connectivity index (χ1n) is 3.71. The number of carbonyl (C=O) groups excluding carboxylic acids is 1. The van der Waals surface area contributed by atoms with Gasteiger partial charge in [-0.3, -0.25) is 4.79 Å². The lowest BCUT2D eigenvalue weighted by Crippen LogP contribution is -1.94. The Kier molecular flexibility index (Phi) is 5.61. The summed E-state index contributed by atoms with van der Waals surface area (Å²) in [6, 6.07) is 0. The van der Waals surface area contributed by atoms with E-state index in [2.05, 4.69) is 6.58 Å². The van der Waals surface area contributed by atoms with E-state index in [4.69, 9.17) is 5.11 Å². The molecule has 3 heteroatoms. The van der Waals surface area contributed by atoms with Crippen LogP contribution in [0.3, 0.4) is 0 Å². The van der Waals surface area contributed by atoms with Gasteiger partial charge in [0.05, 0.1) is 0 Å². The van der Waals surface area contributed by atoms with Crippen LogP contribution in [0.25, 0.3) is 0 Å². The van der Waals surface area contributed by atoms with Crippen LogP contribution >= 0.6 is 0 Å². The third-order valence-electron chi connectivity index (χ3n) is 1.24. The van der Waals surface area contributed by atoms with Crippen LogP contribution < -0.4 is 0 Å². The van der Waals surface area contributed by atoms with Gasteiger partial charge < -0.3 is 5.11 Å². The van der Waals surface area contributed by atoms with Crippen LogP contribution in [0.4, 0.5) is 0 Å². The number of allylic oxidation sites excluding steroid dienone is 2. The lowest BCUT2D eigenvalue weighted by Gasteiger charge is -1.90. The molecule has 1 N–H and O–H groups in total. The average molecular weight is 168 g/mol. The Bertz CT molecular complexity index is 204. The van der Waals surface area contributed by atoms with Crippen molar-refractivity contribution in [3.05, 3.63) is 24.8 Å². The summed E-state index contributed by atoms with van der Waals surface area (Å²) in [4.78, 5) is 20.8. The Hall–Kier alpha value is -1.38. The second-order valence-electron chi connectivity index (χ2n) is 2.32. The van der Waals surface area contributed by atoms with Gasteiger partial charge in [-0.25, -0.2) is 4.79 Å². The van der Waals surface area contributed by atoms with Gasteiger partial charge in [0.25, 0.3) is 0 Å². The standard InChI is InChI=1S/C9H12O3/c1-2-3-4-5-8(10)6-7-9(11)12/h2,6-7H,1,3-5H2,(H,11,12)/b7-6+. The molecule has 0 aromatic rings. The number of rotatable bonds is 6. The van der Waals surface area contributed by atoms with E-state index >= 15 is 0 Å². The van der Waals surface area contributed by atoms with E-state index < -0.39 is 5.97 Å². The van der Waals surface area contributed by atoms with Crippen molar-refractivity contribution in [2.24, 2.45) is 0 Å². The Morgan fingerprint density at radius 2 is 2.00 bits per heavy atom. The van der Waals surface area contributed by atoms with Crippen molar-refractivity contribution in [3.63, 3.8) is 0 Å². The zero-order chi connectivity index (χ0) is 9.40. The lowest BCUT2D eigenvalue weighted by molar-refractivity contribution is -0.131. The fourth-order valence-corrected chi connectivity index (χ4v) is 0.668. The van der Waals surface area contributed by atoms with Gasteiger partial charge in [0.15, 0.2) is 5.78 Å². The molecule has 0 heterocycles. The van der Waals surface area contributed by atoms with Gasteiger partial charge in [0.1, 0.15) is 0 Å². The zero-order valence-corrected chi connectivity index (χ0v) is 6.82. The van der Waals surface area contributed by atoms with Crippen molar-refractivity contribution in [2.75, 3.05) is 0 Å². The minimum Gasteiger partial charge on any atom is -0.478 e. The Labute approximate surface area is 71.4 Å². The smallest absolute Gasteiger partial charge is 0.328 e. The SMILES string of the molecule is C=CCCCC(=O)/C=C/C(=O)O. The summed E-state index contributed by atoms with van der Waals surface area (Å²) in [5, 5.41) is 8.18. The Morgan fingerprint density at radius 1 is 1.33 bits per heavy atom. The summed E-state index contributed by atoms with van der Waals surface area (Å²) in [6.45, 7) is 3.51. The van der Waals surface area contributed by atoms with Gasteiger partial charge in [-0.15, -0.1) is 6.58 Å². The van der Waals surface area contributed by atoms with Crippen LogP contribution in [0.2, 0.25) is 0 Å². The summed E-state index contributed by atoms with van der Waals surface area (Å²) in [5.74, 6) is -1.24. The summed E-state index contributed by atoms with van der Waals surface area (Å²) < 4.78 is 0. The number of ketones is 1. The zero-order valence-electron chi connectivity index (χ0n) is 6.82. The Morgan fingerprint density at radius 3 is 2.50 bits per heavy atom. The molecule has 0 radical (unpaired) electrons. The summed E-state index contributed by atoms with van der Waals surface area (Å²) >= 11 is 0. The van der Waals surface area contributed by atoms with Crippen LogP contribution in [0, 0.1) is 0 Å². The summed E-state index contributed by atoms with van der Waals surface area (Å²) in [5.41, 5.74) is 0. The van der Waals surface area contributed by atoms with Crippen molar-refractivity contribution < 1.29 is 14.7 Å². The molecule has 0 spiro atoms. The van der Waals surface area contributed by atoms with E-state index in [0.717, 1.165) is 25.0 Å². The molecule has 0 aromatic carbocycles. The number of carbonyl (C=O) groups is 2.